The third-order valence-electron chi connectivity index (χ3n) is 1.54. The molecule has 9 heavy (non-hydrogen) atoms. The zero-order valence-corrected chi connectivity index (χ0v) is 5.33. The Morgan fingerprint density at radius 2 is 2.67 bits per heavy atom. The van der Waals surface area contributed by atoms with Gasteiger partial charge in [-0.1, -0.05) is 6.92 Å². The average molecular weight is 127 g/mol. The fourth-order valence-electron chi connectivity index (χ4n) is 0.785. The SMILES string of the molecule is CC1COC1CN=C=O. The predicted octanol–water partition coefficient (Wildman–Crippen LogP) is 0.357. The lowest BCUT2D eigenvalue weighted by Gasteiger charge is -2.32. The third kappa shape index (κ3) is 1.37. The Balaban J connectivity index is 2.20. The van der Waals surface area contributed by atoms with Crippen LogP contribution in [0.4, 0.5) is 0 Å². The number of isocyanates is 1. The van der Waals surface area contributed by atoms with Gasteiger partial charge in [0.2, 0.25) is 6.08 Å². The van der Waals surface area contributed by atoms with Crippen molar-refractivity contribution in [2.45, 2.75) is 13.0 Å². The summed E-state index contributed by atoms with van der Waals surface area (Å²) in [6.07, 6.45) is 1.65. The van der Waals surface area contributed by atoms with Gasteiger partial charge in [0.15, 0.2) is 0 Å². The lowest BCUT2D eigenvalue weighted by Crippen LogP contribution is -2.39. The van der Waals surface area contributed by atoms with Crippen LogP contribution in [0.5, 0.6) is 0 Å². The maximum Gasteiger partial charge on any atom is 0.235 e. The summed E-state index contributed by atoms with van der Waals surface area (Å²) in [4.78, 5) is 13.0. The van der Waals surface area contributed by atoms with Crippen LogP contribution < -0.4 is 0 Å². The lowest BCUT2D eigenvalue weighted by molar-refractivity contribution is -0.0987. The van der Waals surface area contributed by atoms with Gasteiger partial charge < -0.3 is 4.74 Å². The molecule has 2 unspecified atom stereocenters. The van der Waals surface area contributed by atoms with Gasteiger partial charge in [0, 0.05) is 5.92 Å². The van der Waals surface area contributed by atoms with Gasteiger partial charge in [0.1, 0.15) is 0 Å². The van der Waals surface area contributed by atoms with E-state index in [2.05, 4.69) is 11.9 Å². The van der Waals surface area contributed by atoms with Gasteiger partial charge in [-0.05, 0) is 0 Å². The van der Waals surface area contributed by atoms with E-state index >= 15 is 0 Å². The molecule has 3 heteroatoms. The second-order valence-corrected chi connectivity index (χ2v) is 2.28. The number of hydrogen-bond donors (Lipinski definition) is 0. The number of carbonyl (C=O) groups excluding carboxylic acids is 1. The number of hydrogen-bond acceptors (Lipinski definition) is 3. The Labute approximate surface area is 53.7 Å². The number of aliphatic imine (C=N–C) groups is 1. The molecule has 1 heterocycles. The van der Waals surface area contributed by atoms with Crippen molar-refractivity contribution < 1.29 is 9.53 Å². The Bertz CT molecular complexity index is 140. The molecule has 50 valence electrons. The number of nitrogens with zero attached hydrogens (tertiary/aromatic N) is 1. The van der Waals surface area contributed by atoms with Crippen LogP contribution >= 0.6 is 0 Å². The fraction of sp³-hybridized carbons (Fsp3) is 0.833. The fourth-order valence-corrected chi connectivity index (χ4v) is 0.785. The Morgan fingerprint density at radius 3 is 3.00 bits per heavy atom. The highest BCUT2D eigenvalue weighted by molar-refractivity contribution is 5.32. The molecule has 0 aromatic heterocycles. The normalized spacial score (nSPS) is 32.6. The summed E-state index contributed by atoms with van der Waals surface area (Å²) < 4.78 is 5.07. The molecular formula is C6H9NO2. The van der Waals surface area contributed by atoms with Gasteiger partial charge in [-0.25, -0.2) is 9.79 Å². The summed E-state index contributed by atoms with van der Waals surface area (Å²) in [6, 6.07) is 0. The first-order valence-corrected chi connectivity index (χ1v) is 3.00. The van der Waals surface area contributed by atoms with Crippen molar-refractivity contribution in [2.75, 3.05) is 13.2 Å². The second-order valence-electron chi connectivity index (χ2n) is 2.28. The summed E-state index contributed by atoms with van der Waals surface area (Å²) in [5, 5.41) is 0. The molecule has 0 amide bonds. The van der Waals surface area contributed by atoms with Crippen LogP contribution in [0.15, 0.2) is 4.99 Å². The topological polar surface area (TPSA) is 38.7 Å². The van der Waals surface area contributed by atoms with Crippen molar-refractivity contribution in [1.29, 1.82) is 0 Å². The van der Waals surface area contributed by atoms with E-state index in [9.17, 15) is 4.79 Å². The van der Waals surface area contributed by atoms with Gasteiger partial charge in [-0.2, -0.15) is 0 Å². The van der Waals surface area contributed by atoms with Crippen LogP contribution in [-0.2, 0) is 9.53 Å². The van der Waals surface area contributed by atoms with Crippen LogP contribution in [0.25, 0.3) is 0 Å². The quantitative estimate of drug-likeness (QED) is 0.396. The van der Waals surface area contributed by atoms with E-state index in [1.807, 2.05) is 0 Å². The van der Waals surface area contributed by atoms with Gasteiger partial charge >= 0.3 is 0 Å². The minimum atomic E-state index is 0.173. The van der Waals surface area contributed by atoms with Crippen molar-refractivity contribution in [3.63, 3.8) is 0 Å². The molecule has 0 aromatic rings. The van der Waals surface area contributed by atoms with Crippen molar-refractivity contribution in [1.82, 2.24) is 0 Å². The summed E-state index contributed by atoms with van der Waals surface area (Å²) in [6.45, 7) is 3.36. The molecule has 0 radical (unpaired) electrons. The van der Waals surface area contributed by atoms with E-state index in [0.29, 0.717) is 12.5 Å². The maximum atomic E-state index is 9.61. The molecule has 1 aliphatic rings. The van der Waals surface area contributed by atoms with E-state index < -0.39 is 0 Å². The maximum absolute atomic E-state index is 9.61. The molecular weight excluding hydrogens is 118 g/mol. The van der Waals surface area contributed by atoms with E-state index in [4.69, 9.17) is 4.74 Å². The Hall–Kier alpha value is -0.660. The lowest BCUT2D eigenvalue weighted by atomic mass is 10.0. The second kappa shape index (κ2) is 2.76. The Morgan fingerprint density at radius 1 is 1.89 bits per heavy atom. The minimum Gasteiger partial charge on any atom is -0.376 e. The van der Waals surface area contributed by atoms with Crippen LogP contribution in [0.1, 0.15) is 6.92 Å². The summed E-state index contributed by atoms with van der Waals surface area (Å²) in [5.74, 6) is 0.557. The molecule has 1 rings (SSSR count). The molecule has 1 aliphatic heterocycles. The first kappa shape index (κ1) is 6.46. The number of ether oxygens (including phenoxy) is 1. The highest BCUT2D eigenvalue weighted by atomic mass is 16.5. The first-order valence-electron chi connectivity index (χ1n) is 3.00. The van der Waals surface area contributed by atoms with E-state index in [0.717, 1.165) is 6.61 Å². The standard InChI is InChI=1S/C6H9NO2/c1-5-3-9-6(5)2-7-4-8/h5-6H,2-3H2,1H3. The smallest absolute Gasteiger partial charge is 0.235 e. The van der Waals surface area contributed by atoms with Crippen molar-refractivity contribution in [2.24, 2.45) is 10.9 Å². The highest BCUT2D eigenvalue weighted by Gasteiger charge is 2.26. The largest absolute Gasteiger partial charge is 0.376 e. The van der Waals surface area contributed by atoms with Crippen molar-refractivity contribution in [3.8, 4) is 0 Å². The number of rotatable bonds is 2. The van der Waals surface area contributed by atoms with Gasteiger partial charge in [0.05, 0.1) is 19.3 Å². The molecule has 0 aliphatic carbocycles. The molecule has 3 nitrogen and oxygen atoms in total. The molecule has 1 fully saturated rings. The monoisotopic (exact) mass is 127 g/mol. The molecule has 0 spiro atoms. The van der Waals surface area contributed by atoms with Crippen LogP contribution in [0.3, 0.4) is 0 Å². The minimum absolute atomic E-state index is 0.173. The van der Waals surface area contributed by atoms with Crippen molar-refractivity contribution >= 4 is 6.08 Å². The van der Waals surface area contributed by atoms with Gasteiger partial charge in [-0.15, -0.1) is 0 Å². The first-order chi connectivity index (χ1) is 4.34. The summed E-state index contributed by atoms with van der Waals surface area (Å²) in [7, 11) is 0. The molecule has 0 aromatic carbocycles. The molecule has 2 atom stereocenters. The van der Waals surface area contributed by atoms with Crippen LogP contribution in [0, 0.1) is 5.92 Å². The molecule has 1 saturated heterocycles. The van der Waals surface area contributed by atoms with Crippen molar-refractivity contribution in [3.05, 3.63) is 0 Å². The average Bonchev–Trinajstić information content (AvgIpc) is 1.86. The van der Waals surface area contributed by atoms with E-state index in [1.165, 1.54) is 6.08 Å². The van der Waals surface area contributed by atoms with Crippen LogP contribution in [-0.4, -0.2) is 25.3 Å². The molecule has 0 saturated carbocycles. The molecule has 0 bridgehead atoms. The van der Waals surface area contributed by atoms with Crippen LogP contribution in [0.2, 0.25) is 0 Å². The summed E-state index contributed by atoms with van der Waals surface area (Å²) in [5.41, 5.74) is 0. The van der Waals surface area contributed by atoms with Gasteiger partial charge in [0.25, 0.3) is 0 Å². The van der Waals surface area contributed by atoms with E-state index in [-0.39, 0.29) is 6.10 Å². The van der Waals surface area contributed by atoms with Gasteiger partial charge in [-0.3, -0.25) is 0 Å². The molecule has 0 N–H and O–H groups in total. The zero-order chi connectivity index (χ0) is 6.69. The predicted molar refractivity (Wildman–Crippen MR) is 31.9 cm³/mol. The Kier molecular flexibility index (Phi) is 1.98. The highest BCUT2D eigenvalue weighted by Crippen LogP contribution is 2.18. The van der Waals surface area contributed by atoms with E-state index in [1.54, 1.807) is 0 Å². The third-order valence-corrected chi connectivity index (χ3v) is 1.54. The summed E-state index contributed by atoms with van der Waals surface area (Å²) >= 11 is 0. The zero-order valence-electron chi connectivity index (χ0n) is 5.33.